The summed E-state index contributed by atoms with van der Waals surface area (Å²) in [7, 11) is 0. The van der Waals surface area contributed by atoms with Gasteiger partial charge in [-0.3, -0.25) is 0 Å². The summed E-state index contributed by atoms with van der Waals surface area (Å²) in [6.45, 7) is 5.26. The van der Waals surface area contributed by atoms with Crippen LogP contribution in [0.5, 0.6) is 0 Å². The normalized spacial score (nSPS) is 8.75. The van der Waals surface area contributed by atoms with E-state index >= 15 is 0 Å². The molecule has 0 amide bonds. The fourth-order valence-corrected chi connectivity index (χ4v) is 0. The summed E-state index contributed by atoms with van der Waals surface area (Å²) in [6.07, 6.45) is 0. The average Bonchev–Trinajstić information content (AvgIpc) is 0.811. The SMILES string of the molecule is [B][As](C)C. The molecule has 0 rings (SSSR count). The molecule has 0 aromatic carbocycles. The first-order chi connectivity index (χ1) is 1.73. The van der Waals surface area contributed by atoms with E-state index in [9.17, 15) is 0 Å². The Bertz CT molecular complexity index is 10.8. The van der Waals surface area contributed by atoms with Crippen molar-refractivity contribution in [3.8, 4) is 0 Å². The van der Waals surface area contributed by atoms with Gasteiger partial charge in [0.1, 0.15) is 0 Å². The molecule has 0 atom stereocenters. The summed E-state index contributed by atoms with van der Waals surface area (Å²) in [5.41, 5.74) is 4.18. The molecule has 4 heavy (non-hydrogen) atoms. The fraction of sp³-hybridized carbons (Fsp3) is 1.00. The molecule has 0 N–H and O–H groups in total. The molecule has 0 aromatic rings. The molecule has 0 aliphatic heterocycles. The van der Waals surface area contributed by atoms with E-state index in [-0.39, 0.29) is 0 Å². The van der Waals surface area contributed by atoms with Crippen molar-refractivity contribution >= 4 is 21.0 Å². The second-order valence-electron chi connectivity index (χ2n) is 0.964. The summed E-state index contributed by atoms with van der Waals surface area (Å²) < 4.78 is 0. The van der Waals surface area contributed by atoms with Crippen molar-refractivity contribution in [3.63, 3.8) is 0 Å². The quantitative estimate of drug-likeness (QED) is 0.402. The third kappa shape index (κ3) is 17.8. The second kappa shape index (κ2) is 1.90. The molecule has 2 radical (unpaired) electrons. The maximum atomic E-state index is 5.26. The third-order valence-electron chi connectivity index (χ3n) is 0. The molecule has 0 unspecified atom stereocenters. The minimum absolute atomic E-state index is 0.688. The Balaban J connectivity index is 2.32. The van der Waals surface area contributed by atoms with Crippen LogP contribution in [-0.4, -0.2) is 21.0 Å². The Hall–Kier alpha value is 0.623. The first kappa shape index (κ1) is 4.62. The van der Waals surface area contributed by atoms with Gasteiger partial charge < -0.3 is 0 Å². The monoisotopic (exact) mass is 116 g/mol. The number of rotatable bonds is 0. The van der Waals surface area contributed by atoms with Crippen molar-refractivity contribution in [2.75, 3.05) is 0 Å². The van der Waals surface area contributed by atoms with E-state index in [4.69, 9.17) is 6.54 Å². The Kier molecular flexibility index (Phi) is 2.20. The molecule has 2 heteroatoms. The van der Waals surface area contributed by atoms with E-state index < -0.39 is 14.5 Å². The van der Waals surface area contributed by atoms with Crippen LogP contribution in [-0.2, 0) is 0 Å². The van der Waals surface area contributed by atoms with Crippen LogP contribution in [0.25, 0.3) is 0 Å². The Morgan fingerprint density at radius 3 is 1.50 bits per heavy atom. The second-order valence-corrected chi connectivity index (χ2v) is 5.01. The van der Waals surface area contributed by atoms with Crippen LogP contribution in [0.4, 0.5) is 0 Å². The van der Waals surface area contributed by atoms with Gasteiger partial charge in [-0.25, -0.2) is 0 Å². The van der Waals surface area contributed by atoms with Crippen molar-refractivity contribution < 1.29 is 0 Å². The summed E-state index contributed by atoms with van der Waals surface area (Å²) in [5, 5.41) is 0. The summed E-state index contributed by atoms with van der Waals surface area (Å²) >= 11 is -0.688. The van der Waals surface area contributed by atoms with Crippen LogP contribution in [0.15, 0.2) is 0 Å². The van der Waals surface area contributed by atoms with Gasteiger partial charge >= 0.3 is 32.4 Å². The van der Waals surface area contributed by atoms with Gasteiger partial charge in [-0.2, -0.15) is 0 Å². The van der Waals surface area contributed by atoms with E-state index in [1.165, 1.54) is 0 Å². The van der Waals surface area contributed by atoms with Crippen LogP contribution >= 0.6 is 0 Å². The molecule has 22 valence electrons. The Labute approximate surface area is 33.1 Å². The summed E-state index contributed by atoms with van der Waals surface area (Å²) in [4.78, 5) is 0. The van der Waals surface area contributed by atoms with Crippen molar-refractivity contribution in [2.45, 2.75) is 11.4 Å². The maximum absolute atomic E-state index is 5.26. The molecule has 0 saturated heterocycles. The number of hydrogen-bond donors (Lipinski definition) is 0. The molecule has 0 aliphatic rings. The summed E-state index contributed by atoms with van der Waals surface area (Å²) in [5.74, 6) is 0. The first-order valence-electron chi connectivity index (χ1n) is 1.15. The van der Waals surface area contributed by atoms with Crippen LogP contribution in [0.1, 0.15) is 0 Å². The zero-order valence-electron chi connectivity index (χ0n) is 3.02. The van der Waals surface area contributed by atoms with Gasteiger partial charge in [0.05, 0.1) is 0 Å². The average molecular weight is 116 g/mol. The van der Waals surface area contributed by atoms with Crippen molar-refractivity contribution in [1.82, 2.24) is 0 Å². The van der Waals surface area contributed by atoms with Gasteiger partial charge in [0, 0.05) is 0 Å². The standard InChI is InChI=1S/C2H6AsB/c1-3(2)4/h1-2H3. The van der Waals surface area contributed by atoms with Crippen LogP contribution in [0.2, 0.25) is 11.4 Å². The molecule has 0 aliphatic carbocycles. The molecule has 0 bridgehead atoms. The van der Waals surface area contributed by atoms with E-state index in [1.807, 2.05) is 0 Å². The van der Waals surface area contributed by atoms with Gasteiger partial charge in [0.25, 0.3) is 0 Å². The van der Waals surface area contributed by atoms with E-state index in [1.54, 1.807) is 0 Å². The molecule has 0 aromatic heterocycles. The molecule has 0 nitrogen and oxygen atoms in total. The predicted molar refractivity (Wildman–Crippen MR) is 23.2 cm³/mol. The zero-order valence-corrected chi connectivity index (χ0v) is 4.90. The fourth-order valence-electron chi connectivity index (χ4n) is 0. The van der Waals surface area contributed by atoms with Crippen molar-refractivity contribution in [1.29, 1.82) is 0 Å². The molecular weight excluding hydrogens is 110 g/mol. The van der Waals surface area contributed by atoms with Gasteiger partial charge in [-0.05, 0) is 0 Å². The molecule has 0 spiro atoms. The van der Waals surface area contributed by atoms with Crippen molar-refractivity contribution in [3.05, 3.63) is 0 Å². The van der Waals surface area contributed by atoms with Gasteiger partial charge in [-0.1, -0.05) is 0 Å². The van der Waals surface area contributed by atoms with Gasteiger partial charge in [0.15, 0.2) is 0 Å². The van der Waals surface area contributed by atoms with Crippen LogP contribution in [0, 0.1) is 0 Å². The predicted octanol–water partition coefficient (Wildman–Crippen LogP) is 0.406. The number of hydrogen-bond acceptors (Lipinski definition) is 0. The van der Waals surface area contributed by atoms with E-state index in [0.29, 0.717) is 0 Å². The molecular formula is C2H6AsB. The molecule has 0 saturated carbocycles. The molecule has 0 fully saturated rings. The van der Waals surface area contributed by atoms with E-state index in [2.05, 4.69) is 11.4 Å². The topological polar surface area (TPSA) is 0 Å². The molecule has 0 heterocycles. The van der Waals surface area contributed by atoms with Gasteiger partial charge in [-0.15, -0.1) is 0 Å². The third-order valence-corrected chi connectivity index (χ3v) is 0. The van der Waals surface area contributed by atoms with Crippen LogP contribution in [0.3, 0.4) is 0 Å². The Morgan fingerprint density at radius 2 is 1.50 bits per heavy atom. The minimum atomic E-state index is -0.688. The van der Waals surface area contributed by atoms with Crippen LogP contribution < -0.4 is 0 Å². The van der Waals surface area contributed by atoms with Gasteiger partial charge in [0.2, 0.25) is 0 Å². The first-order valence-corrected chi connectivity index (χ1v) is 5.99. The Morgan fingerprint density at radius 1 is 1.50 bits per heavy atom. The van der Waals surface area contributed by atoms with Crippen molar-refractivity contribution in [2.24, 2.45) is 0 Å². The summed E-state index contributed by atoms with van der Waals surface area (Å²) in [6, 6.07) is 0. The zero-order chi connectivity index (χ0) is 3.58. The van der Waals surface area contributed by atoms with E-state index in [0.717, 1.165) is 0 Å².